The Hall–Kier alpha value is -4.42. The molecule has 1 saturated heterocycles. The van der Waals surface area contributed by atoms with Crippen LogP contribution in [0, 0.1) is 34.6 Å². The van der Waals surface area contributed by atoms with Crippen LogP contribution in [0.3, 0.4) is 0 Å². The molecule has 0 saturated carbocycles. The highest BCUT2D eigenvalue weighted by Crippen LogP contribution is 2.44. The lowest BCUT2D eigenvalue weighted by molar-refractivity contribution is 0.482. The van der Waals surface area contributed by atoms with Gasteiger partial charge in [-0.05, 0) is 124 Å². The van der Waals surface area contributed by atoms with Gasteiger partial charge in [0.25, 0.3) is 0 Å². The summed E-state index contributed by atoms with van der Waals surface area (Å²) in [5.41, 5.74) is 10.5. The first-order valence-electron chi connectivity index (χ1n) is 13.9. The van der Waals surface area contributed by atoms with E-state index in [-0.39, 0.29) is 12.1 Å². The van der Waals surface area contributed by atoms with E-state index < -0.39 is 0 Å². The Balaban J connectivity index is 1.42. The Labute approximate surface area is 247 Å². The maximum atomic E-state index is 6.11. The highest BCUT2D eigenvalue weighted by atomic mass is 32.1. The molecular weight excluding hydrogens is 524 g/mol. The number of nitrogens with one attached hydrogen (secondary N) is 1. The summed E-state index contributed by atoms with van der Waals surface area (Å²) in [5, 5.41) is 4.27. The molecule has 6 heteroatoms. The second-order valence-electron chi connectivity index (χ2n) is 10.8. The third kappa shape index (κ3) is 5.00. The zero-order valence-corrected chi connectivity index (χ0v) is 24.9. The third-order valence-corrected chi connectivity index (χ3v) is 8.39. The van der Waals surface area contributed by atoms with Gasteiger partial charge in [-0.3, -0.25) is 4.98 Å². The molecule has 0 bridgehead atoms. The minimum Gasteiger partial charge on any atom is -0.457 e. The number of pyridine rings is 1. The lowest BCUT2D eigenvalue weighted by Crippen LogP contribution is -2.29. The van der Waals surface area contributed by atoms with E-state index in [1.54, 1.807) is 0 Å². The molecule has 206 valence electrons. The summed E-state index contributed by atoms with van der Waals surface area (Å²) in [7, 11) is 0. The number of aryl methyl sites for hydroxylation is 3. The summed E-state index contributed by atoms with van der Waals surface area (Å²) in [5.74, 6) is 1.59. The maximum Gasteiger partial charge on any atom is 0.174 e. The highest BCUT2D eigenvalue weighted by molar-refractivity contribution is 7.80. The molecule has 6 rings (SSSR count). The van der Waals surface area contributed by atoms with E-state index in [9.17, 15) is 0 Å². The topological polar surface area (TPSA) is 42.3 Å². The summed E-state index contributed by atoms with van der Waals surface area (Å²) in [4.78, 5) is 6.96. The predicted octanol–water partition coefficient (Wildman–Crippen LogP) is 8.38. The van der Waals surface area contributed by atoms with E-state index >= 15 is 0 Å². The Bertz CT molecular complexity index is 1710. The quantitative estimate of drug-likeness (QED) is 0.212. The van der Waals surface area contributed by atoms with Gasteiger partial charge < -0.3 is 19.5 Å². The summed E-state index contributed by atoms with van der Waals surface area (Å²) in [6.07, 6.45) is 1.84. The van der Waals surface area contributed by atoms with Crippen molar-refractivity contribution in [3.63, 3.8) is 0 Å². The van der Waals surface area contributed by atoms with Crippen molar-refractivity contribution in [1.82, 2.24) is 14.9 Å². The number of hydrogen-bond acceptors (Lipinski definition) is 3. The van der Waals surface area contributed by atoms with Crippen molar-refractivity contribution in [3.05, 3.63) is 137 Å². The van der Waals surface area contributed by atoms with Gasteiger partial charge in [0.15, 0.2) is 5.11 Å². The summed E-state index contributed by atoms with van der Waals surface area (Å²) >= 11 is 5.99. The fourth-order valence-corrected chi connectivity index (χ4v) is 6.15. The standard InChI is InChI=1S/C35H34N4OS/c1-22-12-16-28(17-13-22)40-29-18-14-27(15-19-29)39-34(33(37-35(39)41)31-10-6-7-20-36-31)30-21-24(3)38(26(30)5)32-11-8-9-23(2)25(32)4/h6-21,33-34H,1-5H3,(H,37,41)/t33-,34+/m1/s1. The van der Waals surface area contributed by atoms with E-state index in [4.69, 9.17) is 21.9 Å². The van der Waals surface area contributed by atoms with Gasteiger partial charge >= 0.3 is 0 Å². The van der Waals surface area contributed by atoms with Gasteiger partial charge in [-0.1, -0.05) is 35.9 Å². The average molecular weight is 559 g/mol. The fourth-order valence-electron chi connectivity index (χ4n) is 5.80. The zero-order chi connectivity index (χ0) is 28.7. The molecular formula is C35H34N4OS. The molecule has 1 fully saturated rings. The van der Waals surface area contributed by atoms with Crippen molar-refractivity contribution in [2.75, 3.05) is 4.90 Å². The van der Waals surface area contributed by atoms with E-state index in [1.165, 1.54) is 39.3 Å². The summed E-state index contributed by atoms with van der Waals surface area (Å²) in [6, 6.07) is 30.9. The molecule has 1 N–H and O–H groups in total. The van der Waals surface area contributed by atoms with Gasteiger partial charge in [-0.25, -0.2) is 0 Å². The largest absolute Gasteiger partial charge is 0.457 e. The van der Waals surface area contributed by atoms with E-state index in [1.807, 2.05) is 42.6 Å². The van der Waals surface area contributed by atoms with Crippen LogP contribution >= 0.6 is 12.2 Å². The number of rotatable bonds is 6. The minimum absolute atomic E-state index is 0.0914. The number of aromatic nitrogens is 2. The Kier molecular flexibility index (Phi) is 7.10. The first kappa shape index (κ1) is 26.8. The van der Waals surface area contributed by atoms with Crippen LogP contribution in [-0.4, -0.2) is 14.7 Å². The van der Waals surface area contributed by atoms with Crippen LogP contribution in [0.15, 0.2) is 97.2 Å². The van der Waals surface area contributed by atoms with Crippen LogP contribution < -0.4 is 15.0 Å². The monoisotopic (exact) mass is 558 g/mol. The summed E-state index contributed by atoms with van der Waals surface area (Å²) < 4.78 is 8.47. The maximum absolute atomic E-state index is 6.11. The molecule has 0 spiro atoms. The van der Waals surface area contributed by atoms with Crippen LogP contribution in [0.1, 0.15) is 51.4 Å². The molecule has 0 radical (unpaired) electrons. The van der Waals surface area contributed by atoms with Crippen molar-refractivity contribution in [2.45, 2.75) is 46.7 Å². The van der Waals surface area contributed by atoms with E-state index in [0.717, 1.165) is 22.9 Å². The second kappa shape index (κ2) is 10.9. The molecule has 1 aliphatic heterocycles. The first-order valence-corrected chi connectivity index (χ1v) is 14.3. The molecule has 0 aliphatic carbocycles. The molecule has 2 aromatic heterocycles. The second-order valence-corrected chi connectivity index (χ2v) is 11.2. The van der Waals surface area contributed by atoms with Crippen molar-refractivity contribution in [2.24, 2.45) is 0 Å². The molecule has 5 nitrogen and oxygen atoms in total. The molecule has 3 heterocycles. The van der Waals surface area contributed by atoms with Crippen molar-refractivity contribution >= 4 is 23.0 Å². The van der Waals surface area contributed by atoms with Gasteiger partial charge in [0.2, 0.25) is 0 Å². The van der Waals surface area contributed by atoms with Crippen molar-refractivity contribution in [1.29, 1.82) is 0 Å². The Morgan fingerprint density at radius 3 is 2.20 bits per heavy atom. The fraction of sp³-hybridized carbons (Fsp3) is 0.200. The van der Waals surface area contributed by atoms with Crippen molar-refractivity contribution in [3.8, 4) is 17.2 Å². The Morgan fingerprint density at radius 2 is 1.51 bits per heavy atom. The summed E-state index contributed by atoms with van der Waals surface area (Å²) in [6.45, 7) is 10.8. The van der Waals surface area contributed by atoms with Gasteiger partial charge in [0.05, 0.1) is 17.8 Å². The normalized spacial score (nSPS) is 16.6. The molecule has 2 atom stereocenters. The van der Waals surface area contributed by atoms with Gasteiger partial charge in [-0.2, -0.15) is 0 Å². The van der Waals surface area contributed by atoms with Gasteiger partial charge in [0.1, 0.15) is 11.5 Å². The van der Waals surface area contributed by atoms with Crippen LogP contribution in [0.5, 0.6) is 11.5 Å². The highest BCUT2D eigenvalue weighted by Gasteiger charge is 2.42. The first-order chi connectivity index (χ1) is 19.8. The SMILES string of the molecule is Cc1ccc(Oc2ccc(N3C(=S)N[C@H](c4ccccn4)[C@@H]3c3cc(C)n(-c4cccc(C)c4C)c3C)cc2)cc1. The molecule has 1 aliphatic rings. The Morgan fingerprint density at radius 1 is 0.805 bits per heavy atom. The smallest absolute Gasteiger partial charge is 0.174 e. The number of thiocarbonyl (C=S) groups is 1. The van der Waals surface area contributed by atoms with Crippen molar-refractivity contribution < 1.29 is 4.74 Å². The molecule has 0 unspecified atom stereocenters. The molecule has 41 heavy (non-hydrogen) atoms. The van der Waals surface area contributed by atoms with Crippen LogP contribution in [0.25, 0.3) is 5.69 Å². The number of hydrogen-bond donors (Lipinski definition) is 1. The molecule has 3 aromatic carbocycles. The number of anilines is 1. The van der Waals surface area contributed by atoms with Gasteiger partial charge in [-0.15, -0.1) is 0 Å². The van der Waals surface area contributed by atoms with Crippen LogP contribution in [0.4, 0.5) is 5.69 Å². The number of ether oxygens (including phenoxy) is 1. The molecule has 5 aromatic rings. The predicted molar refractivity (Wildman–Crippen MR) is 170 cm³/mol. The number of benzene rings is 3. The third-order valence-electron chi connectivity index (χ3n) is 8.08. The number of nitrogens with zero attached hydrogens (tertiary/aromatic N) is 3. The van der Waals surface area contributed by atoms with Crippen LogP contribution in [-0.2, 0) is 0 Å². The van der Waals surface area contributed by atoms with Crippen LogP contribution in [0.2, 0.25) is 0 Å². The van der Waals surface area contributed by atoms with E-state index in [2.05, 4.69) is 104 Å². The lowest BCUT2D eigenvalue weighted by Gasteiger charge is -2.28. The van der Waals surface area contributed by atoms with Gasteiger partial charge in [0, 0.05) is 29.0 Å². The van der Waals surface area contributed by atoms with E-state index in [0.29, 0.717) is 5.11 Å². The minimum atomic E-state index is -0.111. The molecule has 0 amide bonds. The average Bonchev–Trinajstić information content (AvgIpc) is 3.47. The zero-order valence-electron chi connectivity index (χ0n) is 24.1. The lowest BCUT2D eigenvalue weighted by atomic mass is 9.96.